The van der Waals surface area contributed by atoms with Crippen LogP contribution in [0.4, 0.5) is 0 Å². The van der Waals surface area contributed by atoms with Crippen molar-refractivity contribution in [1.29, 1.82) is 0 Å². The minimum absolute atomic E-state index is 0.155. The van der Waals surface area contributed by atoms with E-state index in [0.29, 0.717) is 0 Å². The van der Waals surface area contributed by atoms with Crippen molar-refractivity contribution in [3.63, 3.8) is 0 Å². The molecule has 1 aliphatic heterocycles. The molecule has 0 saturated heterocycles. The molecule has 2 aromatic carbocycles. The monoisotopic (exact) mass is 346 g/mol. The van der Waals surface area contributed by atoms with Crippen LogP contribution in [0.25, 0.3) is 0 Å². The van der Waals surface area contributed by atoms with E-state index in [4.69, 9.17) is 9.47 Å². The summed E-state index contributed by atoms with van der Waals surface area (Å²) in [5, 5.41) is 0.858. The fourth-order valence-corrected chi connectivity index (χ4v) is 3.31. The molecule has 0 unspecified atom stereocenters. The molecule has 0 radical (unpaired) electrons. The zero-order chi connectivity index (χ0) is 15.0. The Hall–Kier alpha value is -1.48. The third kappa shape index (κ3) is 2.93. The number of ether oxygens (including phenoxy) is 2. The Labute approximate surface area is 134 Å². The molecular weight excluding hydrogens is 328 g/mol. The number of alkyl halides is 1. The van der Waals surface area contributed by atoms with Gasteiger partial charge in [0.25, 0.3) is 0 Å². The lowest BCUT2D eigenvalue weighted by atomic mass is 10.0. The van der Waals surface area contributed by atoms with Gasteiger partial charge in [-0.15, -0.1) is 0 Å². The lowest BCUT2D eigenvalue weighted by molar-refractivity contribution is 0.135. The van der Waals surface area contributed by atoms with Gasteiger partial charge in [0.15, 0.2) is 11.5 Å². The van der Waals surface area contributed by atoms with Gasteiger partial charge < -0.3 is 9.47 Å². The van der Waals surface area contributed by atoms with Gasteiger partial charge in [0, 0.05) is 17.3 Å². The van der Waals surface area contributed by atoms with Crippen LogP contribution in [0.2, 0.25) is 0 Å². The van der Waals surface area contributed by atoms with Crippen LogP contribution in [0.3, 0.4) is 0 Å². The standard InChI is InChI=1S/C18H19BrO2/c1-12-9-15(8-7-14(12)11-19)20-16-6-4-5-13-10-18(2,3)21-17(13)16/h4-9H,10-11H2,1-3H3. The van der Waals surface area contributed by atoms with Crippen LogP contribution >= 0.6 is 15.9 Å². The van der Waals surface area contributed by atoms with Crippen LogP contribution in [-0.2, 0) is 11.8 Å². The van der Waals surface area contributed by atoms with Crippen molar-refractivity contribution in [2.45, 2.75) is 38.1 Å². The number of hydrogen-bond donors (Lipinski definition) is 0. The Bertz CT molecular complexity index is 677. The molecule has 1 heterocycles. The molecule has 0 aromatic heterocycles. The third-order valence-electron chi connectivity index (χ3n) is 3.74. The van der Waals surface area contributed by atoms with E-state index in [9.17, 15) is 0 Å². The smallest absolute Gasteiger partial charge is 0.169 e. The second-order valence-electron chi connectivity index (χ2n) is 6.11. The van der Waals surface area contributed by atoms with Crippen LogP contribution in [-0.4, -0.2) is 5.60 Å². The highest BCUT2D eigenvalue weighted by atomic mass is 79.9. The number of hydrogen-bond acceptors (Lipinski definition) is 2. The molecular formula is C18H19BrO2. The van der Waals surface area contributed by atoms with E-state index in [-0.39, 0.29) is 5.60 Å². The highest BCUT2D eigenvalue weighted by molar-refractivity contribution is 9.08. The molecule has 21 heavy (non-hydrogen) atoms. The molecule has 2 nitrogen and oxygen atoms in total. The molecule has 0 aliphatic carbocycles. The number of halogens is 1. The second-order valence-corrected chi connectivity index (χ2v) is 6.67. The van der Waals surface area contributed by atoms with Gasteiger partial charge in [0.2, 0.25) is 0 Å². The van der Waals surface area contributed by atoms with Crippen LogP contribution in [0, 0.1) is 6.92 Å². The molecule has 3 rings (SSSR count). The summed E-state index contributed by atoms with van der Waals surface area (Å²) in [7, 11) is 0. The molecule has 110 valence electrons. The molecule has 0 bridgehead atoms. The quantitative estimate of drug-likeness (QED) is 0.693. The fourth-order valence-electron chi connectivity index (χ4n) is 2.68. The van der Waals surface area contributed by atoms with Crippen molar-refractivity contribution in [2.75, 3.05) is 0 Å². The molecule has 0 saturated carbocycles. The predicted octanol–water partition coefficient (Wildman–Crippen LogP) is 5.40. The maximum absolute atomic E-state index is 6.05. The van der Waals surface area contributed by atoms with Gasteiger partial charge in [-0.25, -0.2) is 0 Å². The summed E-state index contributed by atoms with van der Waals surface area (Å²) in [5.41, 5.74) is 3.56. The Morgan fingerprint density at radius 2 is 2.05 bits per heavy atom. The maximum atomic E-state index is 6.05. The minimum atomic E-state index is -0.155. The van der Waals surface area contributed by atoms with Crippen LogP contribution in [0.1, 0.15) is 30.5 Å². The molecule has 3 heteroatoms. The number of rotatable bonds is 3. The normalized spacial score (nSPS) is 15.4. The first-order chi connectivity index (χ1) is 9.98. The Balaban J connectivity index is 1.90. The van der Waals surface area contributed by atoms with Gasteiger partial charge in [-0.3, -0.25) is 0 Å². The Morgan fingerprint density at radius 3 is 2.76 bits per heavy atom. The van der Waals surface area contributed by atoms with E-state index in [1.165, 1.54) is 16.7 Å². The van der Waals surface area contributed by atoms with Crippen LogP contribution in [0.15, 0.2) is 36.4 Å². The molecule has 0 spiro atoms. The molecule has 0 amide bonds. The van der Waals surface area contributed by atoms with Crippen molar-refractivity contribution < 1.29 is 9.47 Å². The summed E-state index contributed by atoms with van der Waals surface area (Å²) in [4.78, 5) is 0. The van der Waals surface area contributed by atoms with E-state index in [1.54, 1.807) is 0 Å². The first-order valence-corrected chi connectivity index (χ1v) is 8.25. The number of aryl methyl sites for hydroxylation is 1. The number of benzene rings is 2. The SMILES string of the molecule is Cc1cc(Oc2cccc3c2OC(C)(C)C3)ccc1CBr. The lowest BCUT2D eigenvalue weighted by Crippen LogP contribution is -2.24. The first-order valence-electron chi connectivity index (χ1n) is 7.13. The second kappa shape index (κ2) is 5.38. The Morgan fingerprint density at radius 1 is 1.24 bits per heavy atom. The van der Waals surface area contributed by atoms with Gasteiger partial charge in [-0.1, -0.05) is 34.1 Å². The third-order valence-corrected chi connectivity index (χ3v) is 4.34. The van der Waals surface area contributed by atoms with Crippen LogP contribution < -0.4 is 9.47 Å². The van der Waals surface area contributed by atoms with Crippen molar-refractivity contribution in [3.8, 4) is 17.2 Å². The van der Waals surface area contributed by atoms with E-state index in [2.05, 4.69) is 54.9 Å². The highest BCUT2D eigenvalue weighted by Gasteiger charge is 2.32. The minimum Gasteiger partial charge on any atom is -0.483 e. The zero-order valence-electron chi connectivity index (χ0n) is 12.6. The topological polar surface area (TPSA) is 18.5 Å². The lowest BCUT2D eigenvalue weighted by Gasteiger charge is -2.18. The van der Waals surface area contributed by atoms with E-state index in [0.717, 1.165) is 29.0 Å². The van der Waals surface area contributed by atoms with Crippen LogP contribution in [0.5, 0.6) is 17.2 Å². The zero-order valence-corrected chi connectivity index (χ0v) is 14.2. The summed E-state index contributed by atoms with van der Waals surface area (Å²) < 4.78 is 12.1. The molecule has 0 fully saturated rings. The number of para-hydroxylation sites is 1. The average Bonchev–Trinajstić information content (AvgIpc) is 2.74. The van der Waals surface area contributed by atoms with Gasteiger partial charge in [-0.2, -0.15) is 0 Å². The van der Waals surface area contributed by atoms with E-state index < -0.39 is 0 Å². The average molecular weight is 347 g/mol. The van der Waals surface area contributed by atoms with Gasteiger partial charge >= 0.3 is 0 Å². The summed E-state index contributed by atoms with van der Waals surface area (Å²) in [6.07, 6.45) is 0.918. The first kappa shape index (κ1) is 14.5. The summed E-state index contributed by atoms with van der Waals surface area (Å²) in [6.45, 7) is 6.30. The van der Waals surface area contributed by atoms with Crippen molar-refractivity contribution in [1.82, 2.24) is 0 Å². The molecule has 1 aliphatic rings. The summed E-state index contributed by atoms with van der Waals surface area (Å²) in [5.74, 6) is 2.52. The van der Waals surface area contributed by atoms with E-state index >= 15 is 0 Å². The largest absolute Gasteiger partial charge is 0.483 e. The summed E-state index contributed by atoms with van der Waals surface area (Å²) >= 11 is 3.49. The van der Waals surface area contributed by atoms with E-state index in [1.807, 2.05) is 18.2 Å². The van der Waals surface area contributed by atoms with Gasteiger partial charge in [0.1, 0.15) is 11.4 Å². The van der Waals surface area contributed by atoms with Gasteiger partial charge in [0.05, 0.1) is 0 Å². The predicted molar refractivity (Wildman–Crippen MR) is 88.7 cm³/mol. The molecule has 2 aromatic rings. The van der Waals surface area contributed by atoms with Crippen molar-refractivity contribution in [2.24, 2.45) is 0 Å². The van der Waals surface area contributed by atoms with Gasteiger partial charge in [-0.05, 0) is 50.1 Å². The van der Waals surface area contributed by atoms with Crippen molar-refractivity contribution >= 4 is 15.9 Å². The molecule has 0 atom stereocenters. The van der Waals surface area contributed by atoms with Crippen molar-refractivity contribution in [3.05, 3.63) is 53.1 Å². The number of fused-ring (bicyclic) bond motifs is 1. The highest BCUT2D eigenvalue weighted by Crippen LogP contribution is 2.43. The summed E-state index contributed by atoms with van der Waals surface area (Å²) in [6, 6.07) is 12.3. The molecule has 0 N–H and O–H groups in total. The maximum Gasteiger partial charge on any atom is 0.169 e. The fraction of sp³-hybridized carbons (Fsp3) is 0.333. The Kier molecular flexibility index (Phi) is 3.70.